The van der Waals surface area contributed by atoms with Crippen molar-refractivity contribution in [2.45, 2.75) is 12.6 Å². The molecule has 148 valence electrons. The van der Waals surface area contributed by atoms with Crippen LogP contribution in [-0.4, -0.2) is 29.6 Å². The van der Waals surface area contributed by atoms with Crippen LogP contribution in [-0.2, 0) is 6.54 Å². The van der Waals surface area contributed by atoms with Crippen LogP contribution in [0, 0.1) is 0 Å². The first-order valence-corrected chi connectivity index (χ1v) is 10.2. The first kappa shape index (κ1) is 19.2. The fourth-order valence-corrected chi connectivity index (χ4v) is 4.01. The molecule has 0 amide bonds. The van der Waals surface area contributed by atoms with Gasteiger partial charge < -0.3 is 20.2 Å². The lowest BCUT2D eigenvalue weighted by Gasteiger charge is -2.14. The van der Waals surface area contributed by atoms with Gasteiger partial charge in [-0.05, 0) is 29.7 Å². The molecule has 0 radical (unpaired) electrons. The molecule has 4 aromatic rings. The van der Waals surface area contributed by atoms with Crippen molar-refractivity contribution in [3.8, 4) is 11.5 Å². The summed E-state index contributed by atoms with van der Waals surface area (Å²) in [6.45, 7) is 0.829. The molecule has 0 aliphatic carbocycles. The summed E-state index contributed by atoms with van der Waals surface area (Å²) in [6, 6.07) is 19.9. The first-order valence-electron chi connectivity index (χ1n) is 9.34. The number of hydrogen-bond acceptors (Lipinski definition) is 5. The second kappa shape index (κ2) is 8.89. The van der Waals surface area contributed by atoms with Crippen LogP contribution in [0.2, 0.25) is 0 Å². The molecule has 0 aliphatic rings. The van der Waals surface area contributed by atoms with Crippen LogP contribution >= 0.6 is 11.3 Å². The van der Waals surface area contributed by atoms with Crippen LogP contribution in [0.25, 0.3) is 21.5 Å². The lowest BCUT2D eigenvalue weighted by atomic mass is 10.2. The van der Waals surface area contributed by atoms with Crippen LogP contribution < -0.4 is 10.6 Å². The molecule has 2 heterocycles. The lowest BCUT2D eigenvalue weighted by Crippen LogP contribution is -2.38. The predicted molar refractivity (Wildman–Crippen MR) is 117 cm³/mol. The highest BCUT2D eigenvalue weighted by Gasteiger charge is 2.12. The van der Waals surface area contributed by atoms with E-state index < -0.39 is 6.10 Å². The number of hydrogen-bond donors (Lipinski definition) is 3. The highest BCUT2D eigenvalue weighted by molar-refractivity contribution is 7.19. The second-order valence-electron chi connectivity index (χ2n) is 6.52. The largest absolute Gasteiger partial charge is 0.444 e. The molecular weight excluding hydrogens is 384 g/mol. The van der Waals surface area contributed by atoms with Gasteiger partial charge in [0.15, 0.2) is 5.96 Å². The SMILES string of the molecule is CN=C(NCc1coc(-c2ccccc2)n1)NCC(O)c1cc2ccccc2s1. The maximum atomic E-state index is 10.5. The van der Waals surface area contributed by atoms with Gasteiger partial charge in [-0.1, -0.05) is 36.4 Å². The molecule has 3 N–H and O–H groups in total. The summed E-state index contributed by atoms with van der Waals surface area (Å²) in [6.07, 6.45) is 1.02. The Balaban J connectivity index is 1.31. The van der Waals surface area contributed by atoms with Crippen molar-refractivity contribution in [2.24, 2.45) is 4.99 Å². The van der Waals surface area contributed by atoms with Gasteiger partial charge in [-0.3, -0.25) is 4.99 Å². The van der Waals surface area contributed by atoms with Gasteiger partial charge in [0.1, 0.15) is 12.4 Å². The van der Waals surface area contributed by atoms with Crippen molar-refractivity contribution in [3.05, 3.63) is 77.5 Å². The average Bonchev–Trinajstić information content (AvgIpc) is 3.41. The molecule has 0 bridgehead atoms. The van der Waals surface area contributed by atoms with E-state index in [1.165, 1.54) is 4.70 Å². The number of guanidine groups is 1. The van der Waals surface area contributed by atoms with Gasteiger partial charge in [0, 0.05) is 28.7 Å². The van der Waals surface area contributed by atoms with E-state index in [9.17, 15) is 5.11 Å². The minimum absolute atomic E-state index is 0.362. The molecule has 29 heavy (non-hydrogen) atoms. The highest BCUT2D eigenvalue weighted by atomic mass is 32.1. The number of fused-ring (bicyclic) bond motifs is 1. The molecule has 6 nitrogen and oxygen atoms in total. The van der Waals surface area contributed by atoms with Gasteiger partial charge in [0.25, 0.3) is 0 Å². The van der Waals surface area contributed by atoms with Crippen molar-refractivity contribution in [2.75, 3.05) is 13.6 Å². The van der Waals surface area contributed by atoms with E-state index in [0.29, 0.717) is 24.9 Å². The zero-order valence-electron chi connectivity index (χ0n) is 16.0. The van der Waals surface area contributed by atoms with E-state index >= 15 is 0 Å². The van der Waals surface area contributed by atoms with E-state index in [1.54, 1.807) is 24.6 Å². The lowest BCUT2D eigenvalue weighted by molar-refractivity contribution is 0.184. The number of nitrogens with one attached hydrogen (secondary N) is 2. The topological polar surface area (TPSA) is 82.7 Å². The summed E-state index contributed by atoms with van der Waals surface area (Å²) < 4.78 is 6.72. The van der Waals surface area contributed by atoms with Crippen molar-refractivity contribution in [3.63, 3.8) is 0 Å². The number of oxazole rings is 1. The summed E-state index contributed by atoms with van der Waals surface area (Å²) >= 11 is 1.60. The Morgan fingerprint density at radius 2 is 1.93 bits per heavy atom. The molecular formula is C22H22N4O2S. The standard InChI is InChI=1S/C22H22N4O2S/c1-23-22(24-12-17-14-28-21(26-17)15-7-3-2-4-8-15)25-13-18(27)20-11-16-9-5-6-10-19(16)29-20/h2-11,14,18,27H,12-13H2,1H3,(H2,23,24,25). The number of aliphatic hydroxyl groups is 1. The third-order valence-electron chi connectivity index (χ3n) is 4.47. The van der Waals surface area contributed by atoms with E-state index in [0.717, 1.165) is 21.5 Å². The third-order valence-corrected chi connectivity index (χ3v) is 5.69. The summed E-state index contributed by atoms with van der Waals surface area (Å²) in [5.74, 6) is 1.18. The van der Waals surface area contributed by atoms with Gasteiger partial charge in [-0.2, -0.15) is 0 Å². The van der Waals surface area contributed by atoms with E-state index in [1.807, 2.05) is 48.5 Å². The molecule has 0 aliphatic heterocycles. The minimum atomic E-state index is -0.609. The molecule has 2 aromatic heterocycles. The normalized spacial score (nSPS) is 12.8. The molecule has 4 rings (SSSR count). The van der Waals surface area contributed by atoms with Crippen LogP contribution in [0.4, 0.5) is 0 Å². The minimum Gasteiger partial charge on any atom is -0.444 e. The van der Waals surface area contributed by atoms with Gasteiger partial charge >= 0.3 is 0 Å². The van der Waals surface area contributed by atoms with Crippen LogP contribution in [0.3, 0.4) is 0 Å². The second-order valence-corrected chi connectivity index (χ2v) is 7.63. The number of benzene rings is 2. The van der Waals surface area contributed by atoms with Gasteiger partial charge in [-0.15, -0.1) is 11.3 Å². The fourth-order valence-electron chi connectivity index (χ4n) is 2.96. The third kappa shape index (κ3) is 4.64. The number of rotatable bonds is 6. The molecule has 0 fully saturated rings. The predicted octanol–water partition coefficient (Wildman–Crippen LogP) is 3.95. The van der Waals surface area contributed by atoms with E-state index in [-0.39, 0.29) is 0 Å². The van der Waals surface area contributed by atoms with Crippen molar-refractivity contribution >= 4 is 27.4 Å². The Hall–Kier alpha value is -3.16. The van der Waals surface area contributed by atoms with Gasteiger partial charge in [-0.25, -0.2) is 4.98 Å². The van der Waals surface area contributed by atoms with E-state index in [4.69, 9.17) is 4.42 Å². The summed E-state index contributed by atoms with van der Waals surface area (Å²) in [4.78, 5) is 9.63. The van der Waals surface area contributed by atoms with Gasteiger partial charge in [0.2, 0.25) is 5.89 Å². The molecule has 1 atom stereocenters. The molecule has 0 saturated heterocycles. The smallest absolute Gasteiger partial charge is 0.226 e. The quantitative estimate of drug-likeness (QED) is 0.334. The Morgan fingerprint density at radius 3 is 2.72 bits per heavy atom. The van der Waals surface area contributed by atoms with Crippen molar-refractivity contribution in [1.82, 2.24) is 15.6 Å². The zero-order valence-corrected chi connectivity index (χ0v) is 16.8. The number of aliphatic imine (C=N–C) groups is 1. The summed E-state index contributed by atoms with van der Waals surface area (Å²) in [5.41, 5.74) is 1.71. The van der Waals surface area contributed by atoms with E-state index in [2.05, 4.69) is 32.7 Å². The molecule has 0 spiro atoms. The van der Waals surface area contributed by atoms with Gasteiger partial charge in [0.05, 0.1) is 12.2 Å². The monoisotopic (exact) mass is 406 g/mol. The first-order chi connectivity index (χ1) is 14.2. The number of aromatic nitrogens is 1. The molecule has 2 aromatic carbocycles. The summed E-state index contributed by atoms with van der Waals surface area (Å²) in [5, 5.41) is 18.0. The van der Waals surface area contributed by atoms with Crippen LogP contribution in [0.15, 0.2) is 76.3 Å². The van der Waals surface area contributed by atoms with Crippen molar-refractivity contribution in [1.29, 1.82) is 0 Å². The maximum absolute atomic E-state index is 10.5. The Morgan fingerprint density at radius 1 is 1.14 bits per heavy atom. The van der Waals surface area contributed by atoms with Crippen molar-refractivity contribution < 1.29 is 9.52 Å². The molecule has 1 unspecified atom stereocenters. The van der Waals surface area contributed by atoms with Crippen LogP contribution in [0.5, 0.6) is 0 Å². The summed E-state index contributed by atoms with van der Waals surface area (Å²) in [7, 11) is 1.69. The Bertz CT molecular complexity index is 1070. The van der Waals surface area contributed by atoms with Crippen LogP contribution in [0.1, 0.15) is 16.7 Å². The Kier molecular flexibility index (Phi) is 5.88. The average molecular weight is 407 g/mol. The maximum Gasteiger partial charge on any atom is 0.226 e. The number of aliphatic hydroxyl groups excluding tert-OH is 1. The molecule has 0 saturated carbocycles. The fraction of sp³-hybridized carbons (Fsp3) is 0.182. The highest BCUT2D eigenvalue weighted by Crippen LogP contribution is 2.29. The Labute approximate surface area is 172 Å². The zero-order chi connectivity index (χ0) is 20.1. The molecule has 7 heteroatoms. The number of thiophene rings is 1. The number of nitrogens with zero attached hydrogens (tertiary/aromatic N) is 2.